The Hall–Kier alpha value is -2.83. The van der Waals surface area contributed by atoms with Gasteiger partial charge in [0.15, 0.2) is 0 Å². The maximum Gasteiger partial charge on any atom is 0.275 e. The fraction of sp³-hybridized carbons (Fsp3) is 0.0556. The molecule has 0 radical (unpaired) electrons. The standard InChI is InChI=1S/C18H14Cl2N4O2/c1-26-13-5-3-12(4-6-13)23-18(25)16-9-22-17(10-21-16)24-15-7-2-11(19)8-14(15)20/h2-10H,1H3,(H,22,24)(H,23,25). The molecule has 132 valence electrons. The Kier molecular flexibility index (Phi) is 5.55. The number of hydrogen-bond donors (Lipinski definition) is 2. The molecule has 1 amide bonds. The first kappa shape index (κ1) is 18.0. The molecule has 3 aromatic rings. The van der Waals surface area contributed by atoms with Crippen LogP contribution in [-0.4, -0.2) is 23.0 Å². The number of aromatic nitrogens is 2. The second-order valence-electron chi connectivity index (χ2n) is 5.22. The van der Waals surface area contributed by atoms with E-state index in [4.69, 9.17) is 27.9 Å². The van der Waals surface area contributed by atoms with Crippen LogP contribution in [0.5, 0.6) is 5.75 Å². The quantitative estimate of drug-likeness (QED) is 0.656. The van der Waals surface area contributed by atoms with Crippen molar-refractivity contribution in [2.45, 2.75) is 0 Å². The van der Waals surface area contributed by atoms with Crippen molar-refractivity contribution in [3.63, 3.8) is 0 Å². The molecule has 6 nitrogen and oxygen atoms in total. The maximum absolute atomic E-state index is 12.2. The summed E-state index contributed by atoms with van der Waals surface area (Å²) >= 11 is 12.0. The molecule has 0 aliphatic rings. The molecule has 0 saturated carbocycles. The lowest BCUT2D eigenvalue weighted by Gasteiger charge is -2.09. The van der Waals surface area contributed by atoms with Crippen molar-refractivity contribution in [3.05, 3.63) is 70.6 Å². The average Bonchev–Trinajstić information content (AvgIpc) is 2.65. The van der Waals surface area contributed by atoms with Gasteiger partial charge < -0.3 is 15.4 Å². The summed E-state index contributed by atoms with van der Waals surface area (Å²) in [6, 6.07) is 12.0. The number of anilines is 3. The minimum atomic E-state index is -0.362. The second kappa shape index (κ2) is 8.03. The van der Waals surface area contributed by atoms with Crippen LogP contribution >= 0.6 is 23.2 Å². The van der Waals surface area contributed by atoms with E-state index in [2.05, 4.69) is 20.6 Å². The van der Waals surface area contributed by atoms with Crippen molar-refractivity contribution >= 4 is 46.3 Å². The van der Waals surface area contributed by atoms with Gasteiger partial charge in [-0.3, -0.25) is 4.79 Å². The van der Waals surface area contributed by atoms with Gasteiger partial charge in [0.1, 0.15) is 17.3 Å². The zero-order valence-electron chi connectivity index (χ0n) is 13.7. The molecule has 0 fully saturated rings. The van der Waals surface area contributed by atoms with E-state index < -0.39 is 0 Å². The van der Waals surface area contributed by atoms with Crippen LogP contribution < -0.4 is 15.4 Å². The fourth-order valence-electron chi connectivity index (χ4n) is 2.11. The molecule has 1 aromatic heterocycles. The third-order valence-corrected chi connectivity index (χ3v) is 3.97. The fourth-order valence-corrected chi connectivity index (χ4v) is 2.56. The Morgan fingerprint density at radius 2 is 1.81 bits per heavy atom. The van der Waals surface area contributed by atoms with Crippen molar-refractivity contribution in [1.82, 2.24) is 9.97 Å². The first-order chi connectivity index (χ1) is 12.5. The number of ether oxygens (including phenoxy) is 1. The van der Waals surface area contributed by atoms with Gasteiger partial charge in [-0.05, 0) is 42.5 Å². The highest BCUT2D eigenvalue weighted by Crippen LogP contribution is 2.27. The van der Waals surface area contributed by atoms with Crippen LogP contribution in [-0.2, 0) is 0 Å². The van der Waals surface area contributed by atoms with E-state index in [-0.39, 0.29) is 11.6 Å². The van der Waals surface area contributed by atoms with E-state index in [1.54, 1.807) is 49.6 Å². The van der Waals surface area contributed by atoms with E-state index in [9.17, 15) is 4.79 Å². The van der Waals surface area contributed by atoms with E-state index in [1.165, 1.54) is 12.4 Å². The lowest BCUT2D eigenvalue weighted by Crippen LogP contribution is -2.14. The van der Waals surface area contributed by atoms with Crippen LogP contribution in [0.2, 0.25) is 10.0 Å². The lowest BCUT2D eigenvalue weighted by atomic mass is 10.3. The van der Waals surface area contributed by atoms with Gasteiger partial charge in [-0.15, -0.1) is 0 Å². The van der Waals surface area contributed by atoms with Crippen LogP contribution in [0.4, 0.5) is 17.2 Å². The molecule has 0 unspecified atom stereocenters. The molecule has 0 aliphatic heterocycles. The average molecular weight is 389 g/mol. The van der Waals surface area contributed by atoms with E-state index in [0.717, 1.165) is 0 Å². The number of rotatable bonds is 5. The smallest absolute Gasteiger partial charge is 0.275 e. The maximum atomic E-state index is 12.2. The molecule has 0 aliphatic carbocycles. The van der Waals surface area contributed by atoms with Crippen molar-refractivity contribution in [2.75, 3.05) is 17.7 Å². The highest BCUT2D eigenvalue weighted by molar-refractivity contribution is 6.36. The summed E-state index contributed by atoms with van der Waals surface area (Å²) in [5, 5.41) is 6.76. The van der Waals surface area contributed by atoms with Crippen LogP contribution in [0, 0.1) is 0 Å². The number of carbonyl (C=O) groups excluding carboxylic acids is 1. The molecular formula is C18H14Cl2N4O2. The van der Waals surface area contributed by atoms with Crippen LogP contribution in [0.1, 0.15) is 10.5 Å². The van der Waals surface area contributed by atoms with Gasteiger partial charge >= 0.3 is 0 Å². The number of nitrogens with one attached hydrogen (secondary N) is 2. The number of benzene rings is 2. The molecule has 3 rings (SSSR count). The SMILES string of the molecule is COc1ccc(NC(=O)c2cnc(Nc3ccc(Cl)cc3Cl)cn2)cc1. The van der Waals surface area contributed by atoms with E-state index in [0.29, 0.717) is 33.0 Å². The van der Waals surface area contributed by atoms with Gasteiger partial charge in [0, 0.05) is 10.7 Å². The number of amides is 1. The summed E-state index contributed by atoms with van der Waals surface area (Å²) in [4.78, 5) is 20.5. The summed E-state index contributed by atoms with van der Waals surface area (Å²) in [6.45, 7) is 0. The third kappa shape index (κ3) is 4.41. The minimum Gasteiger partial charge on any atom is -0.497 e. The minimum absolute atomic E-state index is 0.188. The Bertz CT molecular complexity index is 915. The van der Waals surface area contributed by atoms with E-state index in [1.807, 2.05) is 0 Å². The van der Waals surface area contributed by atoms with Crippen LogP contribution in [0.25, 0.3) is 0 Å². The van der Waals surface area contributed by atoms with Gasteiger partial charge in [-0.1, -0.05) is 23.2 Å². The number of halogens is 2. The molecular weight excluding hydrogens is 375 g/mol. The molecule has 2 N–H and O–H groups in total. The Labute approximate surface area is 160 Å². The lowest BCUT2D eigenvalue weighted by molar-refractivity contribution is 0.102. The zero-order valence-corrected chi connectivity index (χ0v) is 15.2. The van der Waals surface area contributed by atoms with Crippen LogP contribution in [0.3, 0.4) is 0 Å². The summed E-state index contributed by atoms with van der Waals surface area (Å²) in [7, 11) is 1.58. The third-order valence-electron chi connectivity index (χ3n) is 3.43. The summed E-state index contributed by atoms with van der Waals surface area (Å²) in [5.74, 6) is 0.799. The van der Waals surface area contributed by atoms with Crippen molar-refractivity contribution in [2.24, 2.45) is 0 Å². The largest absolute Gasteiger partial charge is 0.497 e. The molecule has 2 aromatic carbocycles. The van der Waals surface area contributed by atoms with Gasteiger partial charge in [0.05, 0.1) is 30.2 Å². The predicted molar refractivity (Wildman–Crippen MR) is 103 cm³/mol. The summed E-state index contributed by atoms with van der Waals surface area (Å²) in [6.07, 6.45) is 2.83. The second-order valence-corrected chi connectivity index (χ2v) is 6.06. The van der Waals surface area contributed by atoms with E-state index >= 15 is 0 Å². The molecule has 26 heavy (non-hydrogen) atoms. The highest BCUT2D eigenvalue weighted by Gasteiger charge is 2.09. The Morgan fingerprint density at radius 1 is 1.04 bits per heavy atom. The highest BCUT2D eigenvalue weighted by atomic mass is 35.5. The van der Waals surface area contributed by atoms with Crippen molar-refractivity contribution in [1.29, 1.82) is 0 Å². The molecule has 0 atom stereocenters. The normalized spacial score (nSPS) is 10.3. The molecule has 0 spiro atoms. The Balaban J connectivity index is 1.67. The molecule has 0 saturated heterocycles. The number of nitrogens with zero attached hydrogens (tertiary/aromatic N) is 2. The molecule has 1 heterocycles. The predicted octanol–water partition coefficient (Wildman–Crippen LogP) is 4.79. The number of hydrogen-bond acceptors (Lipinski definition) is 5. The molecule has 0 bridgehead atoms. The van der Waals surface area contributed by atoms with Crippen LogP contribution in [0.15, 0.2) is 54.9 Å². The summed E-state index contributed by atoms with van der Waals surface area (Å²) in [5.41, 5.74) is 1.46. The van der Waals surface area contributed by atoms with Gasteiger partial charge in [0.2, 0.25) is 0 Å². The Morgan fingerprint density at radius 3 is 2.42 bits per heavy atom. The van der Waals surface area contributed by atoms with Gasteiger partial charge in [-0.25, -0.2) is 9.97 Å². The van der Waals surface area contributed by atoms with Crippen molar-refractivity contribution in [3.8, 4) is 5.75 Å². The zero-order chi connectivity index (χ0) is 18.5. The first-order valence-electron chi connectivity index (χ1n) is 7.54. The molecule has 8 heteroatoms. The van der Waals surface area contributed by atoms with Crippen molar-refractivity contribution < 1.29 is 9.53 Å². The summed E-state index contributed by atoms with van der Waals surface area (Å²) < 4.78 is 5.08. The van der Waals surface area contributed by atoms with Gasteiger partial charge in [0.25, 0.3) is 5.91 Å². The number of methoxy groups -OCH3 is 1. The topological polar surface area (TPSA) is 76.1 Å². The monoisotopic (exact) mass is 388 g/mol. The first-order valence-corrected chi connectivity index (χ1v) is 8.30. The van der Waals surface area contributed by atoms with Gasteiger partial charge in [-0.2, -0.15) is 0 Å². The number of carbonyl (C=O) groups is 1.